The number of hydrogen-bond donors (Lipinski definition) is 2. The molecular weight excluding hydrogens is 675 g/mol. The van der Waals surface area contributed by atoms with Crippen LogP contribution in [0, 0.1) is 5.82 Å². The van der Waals surface area contributed by atoms with Crippen molar-refractivity contribution in [2.45, 2.75) is 45.8 Å². The van der Waals surface area contributed by atoms with Crippen molar-refractivity contribution < 1.29 is 23.5 Å². The van der Waals surface area contributed by atoms with Gasteiger partial charge in [0, 0.05) is 61.7 Å². The van der Waals surface area contributed by atoms with Gasteiger partial charge in [0.05, 0.1) is 29.0 Å². The number of ether oxygens (including phenoxy) is 2. The summed E-state index contributed by atoms with van der Waals surface area (Å²) in [6.07, 6.45) is 5.42. The van der Waals surface area contributed by atoms with Crippen molar-refractivity contribution in [2.75, 3.05) is 17.2 Å². The number of benzene rings is 3. The van der Waals surface area contributed by atoms with Crippen LogP contribution >= 0.6 is 0 Å². The molecule has 13 heteroatoms. The molecule has 0 atom stereocenters. The number of rotatable bonds is 8. The summed E-state index contributed by atoms with van der Waals surface area (Å²) in [7, 11) is 1.82. The molecule has 0 fully saturated rings. The van der Waals surface area contributed by atoms with Crippen molar-refractivity contribution in [3.63, 3.8) is 0 Å². The fourth-order valence-electron chi connectivity index (χ4n) is 5.92. The zero-order chi connectivity index (χ0) is 37.1. The zero-order valence-corrected chi connectivity index (χ0v) is 29.8. The van der Waals surface area contributed by atoms with Gasteiger partial charge in [-0.05, 0) is 53.4 Å². The van der Waals surface area contributed by atoms with Gasteiger partial charge in [-0.15, -0.1) is 0 Å². The summed E-state index contributed by atoms with van der Waals surface area (Å²) >= 11 is 0. The molecule has 4 heterocycles. The lowest BCUT2D eigenvalue weighted by molar-refractivity contribution is 0.0918. The first-order valence-electron chi connectivity index (χ1n) is 17.2. The third-order valence-electron chi connectivity index (χ3n) is 8.79. The number of hydrogen-bond acceptors (Lipinski definition) is 7. The Morgan fingerprint density at radius 2 is 1.74 bits per heavy atom. The number of aryl methyl sites for hydroxylation is 1. The van der Waals surface area contributed by atoms with E-state index in [9.17, 15) is 9.59 Å². The van der Waals surface area contributed by atoms with Gasteiger partial charge in [0.2, 0.25) is 0 Å². The lowest BCUT2D eigenvalue weighted by Gasteiger charge is -2.28. The Kier molecular flexibility index (Phi) is 9.64. The molecule has 3 amide bonds. The molecule has 1 aliphatic rings. The Balaban J connectivity index is 1.03. The number of amides is 3. The van der Waals surface area contributed by atoms with E-state index in [1.807, 2.05) is 88.6 Å². The number of pyridine rings is 1. The lowest BCUT2D eigenvalue weighted by Crippen LogP contribution is -2.36. The minimum Gasteiger partial charge on any atom is -0.457 e. The maximum absolute atomic E-state index is 15.3. The number of carbonyl (C=O) groups is 2. The molecule has 0 spiro atoms. The van der Waals surface area contributed by atoms with Crippen LogP contribution in [-0.2, 0) is 36.8 Å². The lowest BCUT2D eigenvalue weighted by atomic mass is 9.92. The third kappa shape index (κ3) is 8.19. The van der Waals surface area contributed by atoms with Crippen LogP contribution in [0.15, 0.2) is 104 Å². The van der Waals surface area contributed by atoms with Crippen LogP contribution in [0.1, 0.15) is 43.2 Å². The van der Waals surface area contributed by atoms with Gasteiger partial charge in [0.15, 0.2) is 0 Å². The number of nitrogens with one attached hydrogen (secondary N) is 2. The summed E-state index contributed by atoms with van der Waals surface area (Å²) < 4.78 is 30.1. The molecule has 0 radical (unpaired) electrons. The van der Waals surface area contributed by atoms with Gasteiger partial charge in [0.25, 0.3) is 0 Å². The minimum absolute atomic E-state index is 0.0247. The normalized spacial score (nSPS) is 12.6. The average molecular weight is 715 g/mol. The second-order valence-corrected chi connectivity index (χ2v) is 13.8. The summed E-state index contributed by atoms with van der Waals surface area (Å²) in [6.45, 7) is 7.25. The Labute approximate surface area is 306 Å². The molecule has 12 nitrogen and oxygen atoms in total. The highest BCUT2D eigenvalue weighted by Gasteiger charge is 2.25. The van der Waals surface area contributed by atoms with Crippen molar-refractivity contribution in [2.24, 2.45) is 7.05 Å². The Hall–Kier alpha value is -6.50. The monoisotopic (exact) mass is 714 g/mol. The molecule has 270 valence electrons. The molecule has 53 heavy (non-hydrogen) atoms. The molecule has 0 unspecified atom stereocenters. The second-order valence-electron chi connectivity index (χ2n) is 13.8. The molecule has 2 N–H and O–H groups in total. The highest BCUT2D eigenvalue weighted by molar-refractivity contribution is 5.99. The van der Waals surface area contributed by atoms with Gasteiger partial charge in [-0.1, -0.05) is 57.2 Å². The number of nitrogens with zero attached hydrogens (tertiary/aromatic N) is 6. The van der Waals surface area contributed by atoms with Crippen molar-refractivity contribution in [3.8, 4) is 28.4 Å². The Morgan fingerprint density at radius 1 is 0.925 bits per heavy atom. The molecule has 0 saturated heterocycles. The topological polar surface area (TPSA) is 128 Å². The van der Waals surface area contributed by atoms with Gasteiger partial charge in [-0.3, -0.25) is 15.0 Å². The van der Waals surface area contributed by atoms with Crippen LogP contribution in [-0.4, -0.2) is 48.1 Å². The fourth-order valence-corrected chi connectivity index (χ4v) is 5.92. The van der Waals surface area contributed by atoms with Crippen molar-refractivity contribution in [1.29, 1.82) is 0 Å². The largest absolute Gasteiger partial charge is 0.457 e. The SMILES string of the molecule is Cn1cc(-c2cc(Oc3ccc(NC(=O)Nc4cc(C(C)(C)C)nn4-c4ccc5c(c4)CCN(C(=O)OCc4ccccc4)C5)c(F)c3)ccn2)cn1. The molecule has 0 saturated carbocycles. The third-order valence-corrected chi connectivity index (χ3v) is 8.79. The molecule has 1 aliphatic heterocycles. The van der Waals surface area contributed by atoms with Crippen molar-refractivity contribution in [1.82, 2.24) is 29.4 Å². The highest BCUT2D eigenvalue weighted by Crippen LogP contribution is 2.31. The average Bonchev–Trinajstić information content (AvgIpc) is 3.78. The first-order chi connectivity index (χ1) is 25.5. The van der Waals surface area contributed by atoms with E-state index in [2.05, 4.69) is 20.7 Å². The highest BCUT2D eigenvalue weighted by atomic mass is 19.1. The van der Waals surface area contributed by atoms with E-state index in [4.69, 9.17) is 14.6 Å². The summed E-state index contributed by atoms with van der Waals surface area (Å²) in [5.74, 6) is 0.470. The van der Waals surface area contributed by atoms with E-state index >= 15 is 4.39 Å². The van der Waals surface area contributed by atoms with Crippen LogP contribution in [0.25, 0.3) is 16.9 Å². The van der Waals surface area contributed by atoms with Crippen LogP contribution in [0.2, 0.25) is 0 Å². The Bertz CT molecular complexity index is 2280. The van der Waals surface area contributed by atoms with Gasteiger partial charge in [-0.2, -0.15) is 10.2 Å². The molecule has 0 aliphatic carbocycles. The second kappa shape index (κ2) is 14.6. The number of anilines is 2. The quantitative estimate of drug-likeness (QED) is 0.163. The predicted molar refractivity (Wildman–Crippen MR) is 199 cm³/mol. The standard InChI is InChI=1S/C40H39FN8O4/c1-40(2,3)36-21-37(49(46-36)30-11-10-28-24-48(17-15-27(28)18-30)39(51)52-25-26-8-6-5-7-9-26)45-38(50)44-34-13-12-31(19-33(34)41)53-32-14-16-42-35(20-32)29-22-43-47(4)23-29/h5-14,16,18-23H,15,17,24-25H2,1-4H3,(H2,44,45,50). The van der Waals surface area contributed by atoms with E-state index in [0.717, 1.165) is 33.6 Å². The minimum atomic E-state index is -0.671. The summed E-state index contributed by atoms with van der Waals surface area (Å²) in [6, 6.07) is 24.3. The van der Waals surface area contributed by atoms with E-state index in [1.54, 1.807) is 44.9 Å². The maximum atomic E-state index is 15.3. The van der Waals surface area contributed by atoms with Crippen LogP contribution in [0.5, 0.6) is 11.5 Å². The molecular formula is C40H39FN8O4. The molecule has 6 aromatic rings. The molecule has 3 aromatic carbocycles. The summed E-state index contributed by atoms with van der Waals surface area (Å²) in [5, 5.41) is 14.5. The van der Waals surface area contributed by atoms with Crippen molar-refractivity contribution in [3.05, 3.63) is 132 Å². The van der Waals surface area contributed by atoms with E-state index < -0.39 is 11.8 Å². The van der Waals surface area contributed by atoms with Gasteiger partial charge in [0.1, 0.15) is 29.7 Å². The van der Waals surface area contributed by atoms with Gasteiger partial charge in [-0.25, -0.2) is 18.7 Å². The van der Waals surface area contributed by atoms with Gasteiger partial charge >= 0.3 is 12.1 Å². The van der Waals surface area contributed by atoms with E-state index in [1.165, 1.54) is 12.1 Å². The first kappa shape index (κ1) is 34.9. The number of carbonyl (C=O) groups excluding carboxylic acids is 2. The Morgan fingerprint density at radius 3 is 2.49 bits per heavy atom. The summed E-state index contributed by atoms with van der Waals surface area (Å²) in [5.41, 5.74) is 5.65. The molecule has 0 bridgehead atoms. The fraction of sp³-hybridized carbons (Fsp3) is 0.225. The van der Waals surface area contributed by atoms with Gasteiger partial charge < -0.3 is 19.7 Å². The van der Waals surface area contributed by atoms with Crippen molar-refractivity contribution >= 4 is 23.6 Å². The predicted octanol–water partition coefficient (Wildman–Crippen LogP) is 8.24. The summed E-state index contributed by atoms with van der Waals surface area (Å²) in [4.78, 5) is 32.2. The number of fused-ring (bicyclic) bond motifs is 1. The smallest absolute Gasteiger partial charge is 0.410 e. The van der Waals surface area contributed by atoms with E-state index in [-0.39, 0.29) is 29.6 Å². The van der Waals surface area contributed by atoms with Crippen LogP contribution in [0.3, 0.4) is 0 Å². The van der Waals surface area contributed by atoms with Crippen LogP contribution in [0.4, 0.5) is 25.5 Å². The molecule has 7 rings (SSSR count). The maximum Gasteiger partial charge on any atom is 0.410 e. The van der Waals surface area contributed by atoms with E-state index in [0.29, 0.717) is 36.8 Å². The number of aromatic nitrogens is 5. The molecule has 3 aromatic heterocycles. The first-order valence-corrected chi connectivity index (χ1v) is 17.2. The number of halogens is 1. The number of urea groups is 1. The zero-order valence-electron chi connectivity index (χ0n) is 29.8. The van der Waals surface area contributed by atoms with Crippen LogP contribution < -0.4 is 15.4 Å².